The van der Waals surface area contributed by atoms with Crippen LogP contribution in [0, 0.1) is 6.92 Å². The average Bonchev–Trinajstić information content (AvgIpc) is 3.15. The van der Waals surface area contributed by atoms with Crippen LogP contribution < -0.4 is 4.74 Å². The van der Waals surface area contributed by atoms with Gasteiger partial charge in [0.2, 0.25) is 6.10 Å². The lowest BCUT2D eigenvalue weighted by Crippen LogP contribution is -2.20. The van der Waals surface area contributed by atoms with Gasteiger partial charge >= 0.3 is 5.97 Å². The van der Waals surface area contributed by atoms with Crippen molar-refractivity contribution in [3.8, 4) is 17.1 Å². The first-order valence-corrected chi connectivity index (χ1v) is 7.50. The predicted octanol–water partition coefficient (Wildman–Crippen LogP) is 3.94. The number of hydrogen-bond donors (Lipinski definition) is 0. The Morgan fingerprint density at radius 2 is 1.92 bits per heavy atom. The minimum Gasteiger partial charge on any atom is -0.473 e. The van der Waals surface area contributed by atoms with E-state index in [2.05, 4.69) is 5.16 Å². The number of esters is 1. The predicted molar refractivity (Wildman–Crippen MR) is 88.5 cm³/mol. The van der Waals surface area contributed by atoms with Crippen LogP contribution in [0.4, 0.5) is 0 Å². The fourth-order valence-corrected chi connectivity index (χ4v) is 2.41. The number of ether oxygens (including phenoxy) is 2. The van der Waals surface area contributed by atoms with Crippen LogP contribution in [-0.2, 0) is 9.53 Å². The maximum Gasteiger partial charge on any atom is 0.351 e. The number of benzene rings is 2. The zero-order valence-electron chi connectivity index (χ0n) is 13.4. The summed E-state index contributed by atoms with van der Waals surface area (Å²) in [6.45, 7) is 1.97. The molecule has 0 radical (unpaired) electrons. The number of carbonyl (C=O) groups excluding carboxylic acids is 1. The van der Waals surface area contributed by atoms with Crippen molar-refractivity contribution in [1.29, 1.82) is 0 Å². The third-order valence-corrected chi connectivity index (χ3v) is 3.60. The molecule has 3 rings (SSSR count). The normalized spacial score (nSPS) is 11.8. The lowest BCUT2D eigenvalue weighted by Gasteiger charge is -2.19. The van der Waals surface area contributed by atoms with Gasteiger partial charge in [-0.05, 0) is 19.1 Å². The second kappa shape index (κ2) is 7.00. The monoisotopic (exact) mass is 323 g/mol. The Balaban J connectivity index is 2.00. The van der Waals surface area contributed by atoms with E-state index in [0.29, 0.717) is 17.1 Å². The Hall–Kier alpha value is -3.08. The first-order valence-electron chi connectivity index (χ1n) is 7.50. The summed E-state index contributed by atoms with van der Waals surface area (Å²) < 4.78 is 16.1. The van der Waals surface area contributed by atoms with Gasteiger partial charge in [-0.2, -0.15) is 0 Å². The first kappa shape index (κ1) is 15.8. The van der Waals surface area contributed by atoms with E-state index >= 15 is 0 Å². The van der Waals surface area contributed by atoms with Crippen molar-refractivity contribution in [2.45, 2.75) is 13.0 Å². The molecule has 0 spiro atoms. The van der Waals surface area contributed by atoms with Crippen LogP contribution in [0.1, 0.15) is 17.2 Å². The summed E-state index contributed by atoms with van der Waals surface area (Å²) in [4.78, 5) is 12.2. The molecule has 1 unspecified atom stereocenters. The van der Waals surface area contributed by atoms with Gasteiger partial charge in [0.05, 0.1) is 18.9 Å². The Labute approximate surface area is 139 Å². The van der Waals surface area contributed by atoms with E-state index in [1.165, 1.54) is 7.11 Å². The van der Waals surface area contributed by atoms with Gasteiger partial charge in [0.25, 0.3) is 0 Å². The summed E-state index contributed by atoms with van der Waals surface area (Å²) in [6.07, 6.45) is 0.705. The highest BCUT2D eigenvalue weighted by Gasteiger charge is 2.25. The number of aryl methyl sites for hydroxylation is 1. The van der Waals surface area contributed by atoms with E-state index in [9.17, 15) is 4.79 Å². The van der Waals surface area contributed by atoms with E-state index in [-0.39, 0.29) is 0 Å². The third kappa shape index (κ3) is 3.30. The molecule has 0 aliphatic rings. The zero-order valence-corrected chi connectivity index (χ0v) is 13.4. The van der Waals surface area contributed by atoms with Crippen LogP contribution in [0.3, 0.4) is 0 Å². The van der Waals surface area contributed by atoms with Crippen LogP contribution in [0.15, 0.2) is 65.3 Å². The summed E-state index contributed by atoms with van der Waals surface area (Å²) in [5.74, 6) is 0.632. The molecule has 0 fully saturated rings. The van der Waals surface area contributed by atoms with Crippen LogP contribution in [-0.4, -0.2) is 18.2 Å². The number of nitrogens with zero attached hydrogens (tertiary/aromatic N) is 1. The molecule has 0 saturated carbocycles. The van der Waals surface area contributed by atoms with Crippen molar-refractivity contribution >= 4 is 5.97 Å². The van der Waals surface area contributed by atoms with Crippen molar-refractivity contribution in [3.05, 3.63) is 71.9 Å². The molecule has 0 saturated heterocycles. The molecule has 1 atom stereocenters. The SMILES string of the molecule is COC(=O)C(Oc1ccc(C)cc1-c1ccno1)c1ccccc1. The number of hydrogen-bond acceptors (Lipinski definition) is 5. The quantitative estimate of drug-likeness (QED) is 0.665. The number of carbonyl (C=O) groups is 1. The number of aromatic nitrogens is 1. The molecule has 24 heavy (non-hydrogen) atoms. The minimum atomic E-state index is -0.861. The fraction of sp³-hybridized carbons (Fsp3) is 0.158. The number of rotatable bonds is 5. The maximum absolute atomic E-state index is 12.2. The smallest absolute Gasteiger partial charge is 0.351 e. The molecule has 1 aromatic heterocycles. The molecule has 0 aliphatic carbocycles. The molecule has 0 amide bonds. The van der Waals surface area contributed by atoms with Gasteiger partial charge in [-0.15, -0.1) is 0 Å². The van der Waals surface area contributed by atoms with Crippen molar-refractivity contribution < 1.29 is 18.8 Å². The highest BCUT2D eigenvalue weighted by molar-refractivity contribution is 5.77. The van der Waals surface area contributed by atoms with Crippen LogP contribution in [0.25, 0.3) is 11.3 Å². The highest BCUT2D eigenvalue weighted by Crippen LogP contribution is 2.34. The largest absolute Gasteiger partial charge is 0.473 e. The molecule has 1 heterocycles. The van der Waals surface area contributed by atoms with Gasteiger partial charge in [0.15, 0.2) is 5.76 Å². The summed E-state index contributed by atoms with van der Waals surface area (Å²) in [5, 5.41) is 3.74. The Morgan fingerprint density at radius 1 is 1.12 bits per heavy atom. The van der Waals surface area contributed by atoms with Crippen molar-refractivity contribution in [1.82, 2.24) is 5.16 Å². The second-order valence-electron chi connectivity index (χ2n) is 5.31. The van der Waals surface area contributed by atoms with Gasteiger partial charge in [-0.3, -0.25) is 0 Å². The van der Waals surface area contributed by atoms with E-state index in [1.54, 1.807) is 12.3 Å². The molecule has 5 nitrogen and oxygen atoms in total. The average molecular weight is 323 g/mol. The van der Waals surface area contributed by atoms with Crippen LogP contribution >= 0.6 is 0 Å². The van der Waals surface area contributed by atoms with Gasteiger partial charge in [-0.25, -0.2) is 4.79 Å². The molecular formula is C19H17NO4. The van der Waals surface area contributed by atoms with Crippen LogP contribution in [0.5, 0.6) is 5.75 Å². The lowest BCUT2D eigenvalue weighted by molar-refractivity contribution is -0.149. The van der Waals surface area contributed by atoms with E-state index in [1.807, 2.05) is 55.5 Å². The van der Waals surface area contributed by atoms with Crippen LogP contribution in [0.2, 0.25) is 0 Å². The van der Waals surface area contributed by atoms with Crippen molar-refractivity contribution in [2.75, 3.05) is 7.11 Å². The summed E-state index contributed by atoms with van der Waals surface area (Å²) in [5.41, 5.74) is 2.49. The standard InChI is InChI=1S/C19H17NO4/c1-13-8-9-16(15(12-13)17-10-11-20-24-17)23-18(19(21)22-2)14-6-4-3-5-7-14/h3-12,18H,1-2H3. The molecular weight excluding hydrogens is 306 g/mol. The number of methoxy groups -OCH3 is 1. The van der Waals surface area contributed by atoms with Gasteiger partial charge in [0, 0.05) is 11.6 Å². The summed E-state index contributed by atoms with van der Waals surface area (Å²) >= 11 is 0. The first-order chi connectivity index (χ1) is 11.7. The molecule has 0 bridgehead atoms. The summed E-state index contributed by atoms with van der Waals surface area (Å²) in [7, 11) is 1.34. The topological polar surface area (TPSA) is 61.6 Å². The lowest BCUT2D eigenvalue weighted by atomic mass is 10.1. The Morgan fingerprint density at radius 3 is 2.58 bits per heavy atom. The van der Waals surface area contributed by atoms with Crippen molar-refractivity contribution in [3.63, 3.8) is 0 Å². The van der Waals surface area contributed by atoms with Gasteiger partial charge in [0.1, 0.15) is 5.75 Å². The zero-order chi connectivity index (χ0) is 16.9. The Kier molecular flexibility index (Phi) is 4.61. The molecule has 5 heteroatoms. The maximum atomic E-state index is 12.2. The summed E-state index contributed by atoms with van der Waals surface area (Å²) in [6, 6.07) is 16.6. The van der Waals surface area contributed by atoms with Crippen molar-refractivity contribution in [2.24, 2.45) is 0 Å². The van der Waals surface area contributed by atoms with E-state index < -0.39 is 12.1 Å². The molecule has 0 aliphatic heterocycles. The fourth-order valence-electron chi connectivity index (χ4n) is 2.41. The van der Waals surface area contributed by atoms with Gasteiger partial charge < -0.3 is 14.0 Å². The highest BCUT2D eigenvalue weighted by atomic mass is 16.6. The van der Waals surface area contributed by atoms with E-state index in [0.717, 1.165) is 11.1 Å². The molecule has 122 valence electrons. The third-order valence-electron chi connectivity index (χ3n) is 3.60. The Bertz CT molecular complexity index is 813. The minimum absolute atomic E-state index is 0.467. The van der Waals surface area contributed by atoms with E-state index in [4.69, 9.17) is 14.0 Å². The molecule has 3 aromatic rings. The van der Waals surface area contributed by atoms with Gasteiger partial charge in [-0.1, -0.05) is 47.1 Å². The second-order valence-corrected chi connectivity index (χ2v) is 5.31. The molecule has 0 N–H and O–H groups in total. The molecule has 2 aromatic carbocycles.